The Morgan fingerprint density at radius 3 is 2.29 bits per heavy atom. The predicted molar refractivity (Wildman–Crippen MR) is 134 cm³/mol. The summed E-state index contributed by atoms with van der Waals surface area (Å²) in [6, 6.07) is 23.1. The van der Waals surface area contributed by atoms with Crippen molar-refractivity contribution in [2.75, 3.05) is 17.2 Å². The fraction of sp³-hybridized carbons (Fsp3) is 0.308. The van der Waals surface area contributed by atoms with Gasteiger partial charge in [-0.1, -0.05) is 67.3 Å². The normalized spacial score (nSPS) is 15.1. The first-order valence-electron chi connectivity index (χ1n) is 11.0. The number of hydrogen-bond acceptors (Lipinski definition) is 3. The average Bonchev–Trinajstić information content (AvgIpc) is 2.82. The maximum atomic E-state index is 5.59. The number of nitrogens with zero attached hydrogens (tertiary/aromatic N) is 1. The number of pyridine rings is 1. The van der Waals surface area contributed by atoms with Crippen LogP contribution in [0.1, 0.15) is 43.2 Å². The van der Waals surface area contributed by atoms with E-state index in [1.165, 1.54) is 43.2 Å². The highest BCUT2D eigenvalue weighted by Gasteiger charge is 2.33. The van der Waals surface area contributed by atoms with E-state index in [1.807, 2.05) is 12.1 Å². The molecule has 2 aromatic carbocycles. The van der Waals surface area contributed by atoms with Crippen molar-refractivity contribution in [3.05, 3.63) is 84.1 Å². The SMILES string of the molecule is Cc1ccc(Nc2ccc(NC(=S)NCC3(c4ccccc4)CCCCC3)cn2)cc1. The summed E-state index contributed by atoms with van der Waals surface area (Å²) in [7, 11) is 0. The first-order chi connectivity index (χ1) is 15.1. The number of aromatic nitrogens is 1. The van der Waals surface area contributed by atoms with Gasteiger partial charge < -0.3 is 16.0 Å². The molecule has 4 nitrogen and oxygen atoms in total. The highest BCUT2D eigenvalue weighted by molar-refractivity contribution is 7.80. The molecule has 1 aliphatic carbocycles. The maximum absolute atomic E-state index is 5.59. The van der Waals surface area contributed by atoms with Gasteiger partial charge in [-0.3, -0.25) is 0 Å². The van der Waals surface area contributed by atoms with Gasteiger partial charge in [0.1, 0.15) is 5.82 Å². The monoisotopic (exact) mass is 430 g/mol. The van der Waals surface area contributed by atoms with Crippen molar-refractivity contribution in [2.45, 2.75) is 44.4 Å². The Morgan fingerprint density at radius 2 is 1.61 bits per heavy atom. The smallest absolute Gasteiger partial charge is 0.170 e. The lowest BCUT2D eigenvalue weighted by Gasteiger charge is -2.38. The summed E-state index contributed by atoms with van der Waals surface area (Å²) in [6.07, 6.45) is 8.08. The lowest BCUT2D eigenvalue weighted by atomic mass is 9.69. The molecule has 0 aliphatic heterocycles. The van der Waals surface area contributed by atoms with E-state index < -0.39 is 0 Å². The highest BCUT2D eigenvalue weighted by atomic mass is 32.1. The minimum absolute atomic E-state index is 0.158. The summed E-state index contributed by atoms with van der Waals surface area (Å²) in [5.74, 6) is 0.804. The molecule has 4 rings (SSSR count). The van der Waals surface area contributed by atoms with Gasteiger partial charge in [0.25, 0.3) is 0 Å². The van der Waals surface area contributed by atoms with Gasteiger partial charge in [0.05, 0.1) is 11.9 Å². The van der Waals surface area contributed by atoms with Gasteiger partial charge in [0.15, 0.2) is 5.11 Å². The molecular weight excluding hydrogens is 400 g/mol. The van der Waals surface area contributed by atoms with Crippen molar-refractivity contribution in [3.8, 4) is 0 Å². The summed E-state index contributed by atoms with van der Waals surface area (Å²) in [5, 5.41) is 10.7. The number of hydrogen-bond donors (Lipinski definition) is 3. The van der Waals surface area contributed by atoms with Gasteiger partial charge in [-0.2, -0.15) is 0 Å². The van der Waals surface area contributed by atoms with Crippen LogP contribution in [0.25, 0.3) is 0 Å². The Bertz CT molecular complexity index is 978. The van der Waals surface area contributed by atoms with E-state index in [0.717, 1.165) is 23.7 Å². The van der Waals surface area contributed by atoms with Crippen LogP contribution >= 0.6 is 12.2 Å². The van der Waals surface area contributed by atoms with E-state index in [1.54, 1.807) is 6.20 Å². The van der Waals surface area contributed by atoms with Crippen LogP contribution in [0.3, 0.4) is 0 Å². The second-order valence-corrected chi connectivity index (χ2v) is 8.85. The van der Waals surface area contributed by atoms with Crippen LogP contribution in [0.15, 0.2) is 72.9 Å². The molecule has 3 aromatic rings. The molecule has 5 heteroatoms. The Labute approximate surface area is 190 Å². The van der Waals surface area contributed by atoms with E-state index in [-0.39, 0.29) is 5.41 Å². The molecule has 160 valence electrons. The molecule has 0 bridgehead atoms. The number of anilines is 3. The van der Waals surface area contributed by atoms with E-state index in [9.17, 15) is 0 Å². The minimum Gasteiger partial charge on any atom is -0.362 e. The maximum Gasteiger partial charge on any atom is 0.170 e. The Morgan fingerprint density at radius 1 is 0.903 bits per heavy atom. The van der Waals surface area contributed by atoms with E-state index in [0.29, 0.717) is 5.11 Å². The van der Waals surface area contributed by atoms with Gasteiger partial charge >= 0.3 is 0 Å². The van der Waals surface area contributed by atoms with Crippen molar-refractivity contribution in [3.63, 3.8) is 0 Å². The number of nitrogens with one attached hydrogen (secondary N) is 3. The van der Waals surface area contributed by atoms with Crippen molar-refractivity contribution in [2.24, 2.45) is 0 Å². The van der Waals surface area contributed by atoms with Gasteiger partial charge in [0, 0.05) is 17.6 Å². The van der Waals surface area contributed by atoms with Crippen LogP contribution < -0.4 is 16.0 Å². The fourth-order valence-electron chi connectivity index (χ4n) is 4.34. The summed E-state index contributed by atoms with van der Waals surface area (Å²) in [5.41, 5.74) is 4.71. The summed E-state index contributed by atoms with van der Waals surface area (Å²) in [6.45, 7) is 2.93. The van der Waals surface area contributed by atoms with E-state index in [2.05, 4.69) is 82.5 Å². The van der Waals surface area contributed by atoms with Crippen LogP contribution in [0.4, 0.5) is 17.2 Å². The van der Waals surface area contributed by atoms with E-state index >= 15 is 0 Å². The van der Waals surface area contributed by atoms with Gasteiger partial charge in [-0.25, -0.2) is 4.98 Å². The second kappa shape index (κ2) is 9.92. The van der Waals surface area contributed by atoms with E-state index in [4.69, 9.17) is 12.2 Å². The molecule has 0 amide bonds. The lowest BCUT2D eigenvalue weighted by molar-refractivity contribution is 0.292. The number of aryl methyl sites for hydroxylation is 1. The minimum atomic E-state index is 0.158. The molecule has 1 aliphatic rings. The summed E-state index contributed by atoms with van der Waals surface area (Å²) < 4.78 is 0. The zero-order chi connectivity index (χ0) is 21.5. The zero-order valence-electron chi connectivity index (χ0n) is 18.0. The Hall–Kier alpha value is -2.92. The molecule has 0 saturated heterocycles. The summed E-state index contributed by atoms with van der Waals surface area (Å²) in [4.78, 5) is 4.50. The van der Waals surface area contributed by atoms with Crippen molar-refractivity contribution >= 4 is 34.5 Å². The van der Waals surface area contributed by atoms with Gasteiger partial charge in [0.2, 0.25) is 0 Å². The van der Waals surface area contributed by atoms with Crippen LogP contribution in [-0.4, -0.2) is 16.6 Å². The quantitative estimate of drug-likeness (QED) is 0.399. The standard InChI is InChI=1S/C26H30N4S/c1-20-10-12-22(13-11-20)29-24-15-14-23(18-27-24)30-25(31)28-19-26(16-6-3-7-17-26)21-8-4-2-5-9-21/h2,4-5,8-15,18H,3,6-7,16-17,19H2,1H3,(H,27,29)(H2,28,30,31). The Balaban J connectivity index is 1.34. The molecule has 1 fully saturated rings. The molecule has 0 radical (unpaired) electrons. The third-order valence-electron chi connectivity index (χ3n) is 6.13. The topological polar surface area (TPSA) is 49.0 Å². The Kier molecular flexibility index (Phi) is 6.82. The molecule has 1 aromatic heterocycles. The van der Waals surface area contributed by atoms with Gasteiger partial charge in [-0.05, 0) is 61.8 Å². The largest absolute Gasteiger partial charge is 0.362 e. The molecule has 0 spiro atoms. The molecular formula is C26H30N4S. The molecule has 1 heterocycles. The first kappa shape index (κ1) is 21.3. The van der Waals surface area contributed by atoms with Crippen LogP contribution in [0.2, 0.25) is 0 Å². The van der Waals surface area contributed by atoms with Gasteiger partial charge in [-0.15, -0.1) is 0 Å². The molecule has 1 saturated carbocycles. The average molecular weight is 431 g/mol. The third-order valence-corrected chi connectivity index (χ3v) is 6.38. The van der Waals surface area contributed by atoms with Crippen LogP contribution in [0.5, 0.6) is 0 Å². The second-order valence-electron chi connectivity index (χ2n) is 8.44. The number of thiocarbonyl (C=S) groups is 1. The van der Waals surface area contributed by atoms with Crippen LogP contribution in [-0.2, 0) is 5.41 Å². The number of benzene rings is 2. The summed E-state index contributed by atoms with van der Waals surface area (Å²) >= 11 is 5.59. The van der Waals surface area contributed by atoms with Crippen molar-refractivity contribution in [1.82, 2.24) is 10.3 Å². The molecule has 31 heavy (non-hydrogen) atoms. The molecule has 0 atom stereocenters. The molecule has 3 N–H and O–H groups in total. The van der Waals surface area contributed by atoms with Crippen molar-refractivity contribution in [1.29, 1.82) is 0 Å². The third kappa shape index (κ3) is 5.61. The zero-order valence-corrected chi connectivity index (χ0v) is 18.8. The van der Waals surface area contributed by atoms with Crippen LogP contribution in [0, 0.1) is 6.92 Å². The lowest BCUT2D eigenvalue weighted by Crippen LogP contribution is -2.43. The highest BCUT2D eigenvalue weighted by Crippen LogP contribution is 2.38. The van der Waals surface area contributed by atoms with Crippen molar-refractivity contribution < 1.29 is 0 Å². The fourth-order valence-corrected chi connectivity index (χ4v) is 4.53. The molecule has 0 unspecified atom stereocenters. The first-order valence-corrected chi connectivity index (χ1v) is 11.4. The predicted octanol–water partition coefficient (Wildman–Crippen LogP) is 6.32. The number of rotatable bonds is 6.